The number of aliphatic carboxylic acids is 1. The standard InChI is InChI=1S/C15H21N3O2/c1-9(2)5-12(15(19)20)8-17-14-6-10(3)18-11(4)13(14)7-16/h6,9,12H,5,8H2,1-4H3,(H,17,18)(H,19,20). The first-order valence-electron chi connectivity index (χ1n) is 6.70. The lowest BCUT2D eigenvalue weighted by atomic mass is 9.97. The van der Waals surface area contributed by atoms with Gasteiger partial charge in [0.25, 0.3) is 0 Å². The lowest BCUT2D eigenvalue weighted by molar-refractivity contribution is -0.141. The van der Waals surface area contributed by atoms with Gasteiger partial charge >= 0.3 is 5.97 Å². The Kier molecular flexibility index (Phi) is 5.51. The second-order valence-corrected chi connectivity index (χ2v) is 5.43. The van der Waals surface area contributed by atoms with Gasteiger partial charge in [-0.25, -0.2) is 0 Å². The third-order valence-electron chi connectivity index (χ3n) is 3.08. The van der Waals surface area contributed by atoms with Crippen molar-refractivity contribution >= 4 is 11.7 Å². The Morgan fingerprint density at radius 1 is 1.50 bits per heavy atom. The largest absolute Gasteiger partial charge is 0.481 e. The molecule has 1 heterocycles. The average molecular weight is 275 g/mol. The molecule has 0 bridgehead atoms. The Bertz CT molecular complexity index is 533. The van der Waals surface area contributed by atoms with Crippen LogP contribution >= 0.6 is 0 Å². The smallest absolute Gasteiger partial charge is 0.308 e. The molecule has 5 heteroatoms. The molecule has 108 valence electrons. The average Bonchev–Trinajstić information content (AvgIpc) is 2.33. The number of anilines is 1. The molecule has 1 rings (SSSR count). The molecule has 1 aromatic heterocycles. The van der Waals surface area contributed by atoms with Gasteiger partial charge in [-0.05, 0) is 32.3 Å². The number of aromatic nitrogens is 1. The van der Waals surface area contributed by atoms with E-state index in [9.17, 15) is 9.90 Å². The van der Waals surface area contributed by atoms with Crippen molar-refractivity contribution in [2.75, 3.05) is 11.9 Å². The summed E-state index contributed by atoms with van der Waals surface area (Å²) in [7, 11) is 0. The van der Waals surface area contributed by atoms with Crippen LogP contribution in [0.2, 0.25) is 0 Å². The Balaban J connectivity index is 2.88. The molecule has 0 aliphatic carbocycles. The molecule has 1 unspecified atom stereocenters. The van der Waals surface area contributed by atoms with Gasteiger partial charge in [0.05, 0.1) is 22.9 Å². The van der Waals surface area contributed by atoms with Gasteiger partial charge in [0.2, 0.25) is 0 Å². The number of carboxylic acids is 1. The zero-order chi connectivity index (χ0) is 15.3. The Labute approximate surface area is 119 Å². The molecule has 20 heavy (non-hydrogen) atoms. The second kappa shape index (κ2) is 6.90. The van der Waals surface area contributed by atoms with Gasteiger partial charge in [-0.15, -0.1) is 0 Å². The summed E-state index contributed by atoms with van der Waals surface area (Å²) in [5.41, 5.74) is 2.60. The summed E-state index contributed by atoms with van der Waals surface area (Å²) >= 11 is 0. The van der Waals surface area contributed by atoms with E-state index in [0.29, 0.717) is 35.8 Å². The van der Waals surface area contributed by atoms with E-state index in [-0.39, 0.29) is 0 Å². The topological polar surface area (TPSA) is 86.0 Å². The molecule has 0 saturated heterocycles. The predicted molar refractivity (Wildman–Crippen MR) is 77.5 cm³/mol. The van der Waals surface area contributed by atoms with Crippen molar-refractivity contribution in [3.05, 3.63) is 23.0 Å². The summed E-state index contributed by atoms with van der Waals surface area (Å²) in [6, 6.07) is 3.89. The number of hydrogen-bond acceptors (Lipinski definition) is 4. The van der Waals surface area contributed by atoms with Crippen molar-refractivity contribution in [2.24, 2.45) is 11.8 Å². The number of carbonyl (C=O) groups is 1. The van der Waals surface area contributed by atoms with Crippen LogP contribution < -0.4 is 5.32 Å². The van der Waals surface area contributed by atoms with Gasteiger partial charge in [-0.1, -0.05) is 13.8 Å². The fourth-order valence-corrected chi connectivity index (χ4v) is 2.18. The summed E-state index contributed by atoms with van der Waals surface area (Å²) in [5, 5.41) is 21.5. The van der Waals surface area contributed by atoms with E-state index in [1.54, 1.807) is 13.0 Å². The highest BCUT2D eigenvalue weighted by Crippen LogP contribution is 2.20. The van der Waals surface area contributed by atoms with E-state index in [1.165, 1.54) is 0 Å². The van der Waals surface area contributed by atoms with E-state index in [1.807, 2.05) is 20.8 Å². The maximum atomic E-state index is 11.2. The molecular formula is C15H21N3O2. The van der Waals surface area contributed by atoms with Gasteiger partial charge in [-0.2, -0.15) is 5.26 Å². The summed E-state index contributed by atoms with van der Waals surface area (Å²) < 4.78 is 0. The number of aryl methyl sites for hydroxylation is 2. The van der Waals surface area contributed by atoms with Crippen molar-refractivity contribution in [1.82, 2.24) is 4.98 Å². The van der Waals surface area contributed by atoms with E-state index in [0.717, 1.165) is 5.69 Å². The Morgan fingerprint density at radius 2 is 2.15 bits per heavy atom. The Morgan fingerprint density at radius 3 is 2.65 bits per heavy atom. The van der Waals surface area contributed by atoms with Crippen LogP contribution in [-0.2, 0) is 4.79 Å². The summed E-state index contributed by atoms with van der Waals surface area (Å²) in [6.07, 6.45) is 0.604. The molecule has 0 radical (unpaired) electrons. The van der Waals surface area contributed by atoms with Crippen LogP contribution in [0.4, 0.5) is 5.69 Å². The van der Waals surface area contributed by atoms with Crippen molar-refractivity contribution in [2.45, 2.75) is 34.1 Å². The molecule has 1 atom stereocenters. The van der Waals surface area contributed by atoms with Crippen LogP contribution in [0.25, 0.3) is 0 Å². The molecule has 0 aromatic carbocycles. The number of rotatable bonds is 6. The van der Waals surface area contributed by atoms with E-state index in [4.69, 9.17) is 5.26 Å². The molecule has 5 nitrogen and oxygen atoms in total. The first-order valence-corrected chi connectivity index (χ1v) is 6.70. The van der Waals surface area contributed by atoms with Crippen LogP contribution in [0.15, 0.2) is 6.07 Å². The van der Waals surface area contributed by atoms with Gasteiger partial charge in [0.15, 0.2) is 0 Å². The fraction of sp³-hybridized carbons (Fsp3) is 0.533. The van der Waals surface area contributed by atoms with E-state index < -0.39 is 11.9 Å². The molecule has 0 aliphatic heterocycles. The number of nitrogens with one attached hydrogen (secondary N) is 1. The number of nitriles is 1. The van der Waals surface area contributed by atoms with Crippen molar-refractivity contribution in [1.29, 1.82) is 5.26 Å². The first kappa shape index (κ1) is 16.0. The highest BCUT2D eigenvalue weighted by atomic mass is 16.4. The minimum absolute atomic E-state index is 0.311. The number of nitrogens with zero attached hydrogens (tertiary/aromatic N) is 2. The predicted octanol–water partition coefficient (Wildman–Crippen LogP) is 2.73. The molecular weight excluding hydrogens is 254 g/mol. The van der Waals surface area contributed by atoms with Gasteiger partial charge in [0.1, 0.15) is 6.07 Å². The number of hydrogen-bond donors (Lipinski definition) is 2. The van der Waals surface area contributed by atoms with E-state index in [2.05, 4.69) is 16.4 Å². The highest BCUT2D eigenvalue weighted by Gasteiger charge is 2.19. The van der Waals surface area contributed by atoms with Crippen LogP contribution in [0.3, 0.4) is 0 Å². The van der Waals surface area contributed by atoms with Crippen LogP contribution in [0.5, 0.6) is 0 Å². The minimum Gasteiger partial charge on any atom is -0.481 e. The molecule has 0 saturated carbocycles. The summed E-state index contributed by atoms with van der Waals surface area (Å²) in [6.45, 7) is 7.93. The molecule has 1 aromatic rings. The van der Waals surface area contributed by atoms with Gasteiger partial charge < -0.3 is 10.4 Å². The highest BCUT2D eigenvalue weighted by molar-refractivity contribution is 5.71. The van der Waals surface area contributed by atoms with Gasteiger partial charge in [0, 0.05) is 12.2 Å². The monoisotopic (exact) mass is 275 g/mol. The van der Waals surface area contributed by atoms with Crippen molar-refractivity contribution in [3.63, 3.8) is 0 Å². The molecule has 0 fully saturated rings. The normalized spacial score (nSPS) is 12.0. The fourth-order valence-electron chi connectivity index (χ4n) is 2.18. The number of pyridine rings is 1. The SMILES string of the molecule is Cc1cc(NCC(CC(C)C)C(=O)O)c(C#N)c(C)n1. The Hall–Kier alpha value is -2.09. The molecule has 0 spiro atoms. The van der Waals surface area contributed by atoms with E-state index >= 15 is 0 Å². The minimum atomic E-state index is -0.813. The summed E-state index contributed by atoms with van der Waals surface area (Å²) in [4.78, 5) is 15.5. The van der Waals surface area contributed by atoms with Crippen molar-refractivity contribution < 1.29 is 9.90 Å². The zero-order valence-electron chi connectivity index (χ0n) is 12.4. The quantitative estimate of drug-likeness (QED) is 0.833. The molecule has 0 amide bonds. The summed E-state index contributed by atoms with van der Waals surface area (Å²) in [5.74, 6) is -0.961. The lowest BCUT2D eigenvalue weighted by Gasteiger charge is -2.17. The molecule has 2 N–H and O–H groups in total. The molecule has 0 aliphatic rings. The maximum absolute atomic E-state index is 11.2. The third kappa shape index (κ3) is 4.23. The second-order valence-electron chi connectivity index (χ2n) is 5.43. The van der Waals surface area contributed by atoms with Crippen LogP contribution in [-0.4, -0.2) is 22.6 Å². The zero-order valence-corrected chi connectivity index (χ0v) is 12.4. The van der Waals surface area contributed by atoms with Crippen molar-refractivity contribution in [3.8, 4) is 6.07 Å². The maximum Gasteiger partial charge on any atom is 0.308 e. The first-order chi connectivity index (χ1) is 9.35. The van der Waals surface area contributed by atoms with Crippen LogP contribution in [0.1, 0.15) is 37.2 Å². The van der Waals surface area contributed by atoms with Gasteiger partial charge in [-0.3, -0.25) is 9.78 Å². The lowest BCUT2D eigenvalue weighted by Crippen LogP contribution is -2.25. The third-order valence-corrected chi connectivity index (χ3v) is 3.08. The van der Waals surface area contributed by atoms with Crippen LogP contribution in [0, 0.1) is 37.0 Å². The number of carboxylic acid groups (broad SMARTS) is 1.